The van der Waals surface area contributed by atoms with Gasteiger partial charge in [-0.15, -0.1) is 0 Å². The lowest BCUT2D eigenvalue weighted by molar-refractivity contribution is -0.124. The van der Waals surface area contributed by atoms with Crippen LogP contribution in [-0.4, -0.2) is 29.1 Å². The van der Waals surface area contributed by atoms with Crippen LogP contribution in [0, 0.1) is 0 Å². The molecule has 4 nitrogen and oxygen atoms in total. The summed E-state index contributed by atoms with van der Waals surface area (Å²) in [5.74, 6) is -0.546. The fourth-order valence-corrected chi connectivity index (χ4v) is 2.78. The maximum atomic E-state index is 10.9. The molecule has 6 heteroatoms. The van der Waals surface area contributed by atoms with Crippen molar-refractivity contribution in [3.63, 3.8) is 0 Å². The molecule has 2 rings (SSSR count). The van der Waals surface area contributed by atoms with Gasteiger partial charge in [-0.2, -0.15) is 0 Å². The standard InChI is InChI=1S/C16H18Cl2N2O2/c17-15(18)9-11-20-10-1-2-14(20)13-6-3-12(4-7-13)5-8-16(21)19-22/h3-9,14,22H,1-2,10-11H2,(H,19,21)/b8-5+. The summed E-state index contributed by atoms with van der Waals surface area (Å²) in [7, 11) is 0. The third kappa shape index (κ3) is 4.85. The van der Waals surface area contributed by atoms with E-state index in [1.807, 2.05) is 18.2 Å². The molecule has 1 unspecified atom stereocenters. The first-order valence-corrected chi connectivity index (χ1v) is 7.83. The first kappa shape index (κ1) is 17.0. The second kappa shape index (κ2) is 8.34. The Labute approximate surface area is 140 Å². The largest absolute Gasteiger partial charge is 0.293 e. The third-order valence-electron chi connectivity index (χ3n) is 3.70. The topological polar surface area (TPSA) is 52.6 Å². The molecule has 1 atom stereocenters. The van der Waals surface area contributed by atoms with Gasteiger partial charge in [-0.05, 0) is 42.7 Å². The van der Waals surface area contributed by atoms with Gasteiger partial charge in [-0.25, -0.2) is 5.48 Å². The second-order valence-corrected chi connectivity index (χ2v) is 6.13. The Morgan fingerprint density at radius 2 is 2.09 bits per heavy atom. The number of benzene rings is 1. The minimum atomic E-state index is -0.546. The van der Waals surface area contributed by atoms with Crippen molar-refractivity contribution in [2.24, 2.45) is 0 Å². The Balaban J connectivity index is 2.04. The molecule has 0 aliphatic carbocycles. The van der Waals surface area contributed by atoms with Crippen LogP contribution in [0.2, 0.25) is 0 Å². The van der Waals surface area contributed by atoms with E-state index in [4.69, 9.17) is 28.4 Å². The van der Waals surface area contributed by atoms with Crippen molar-refractivity contribution in [2.75, 3.05) is 13.1 Å². The summed E-state index contributed by atoms with van der Waals surface area (Å²) < 4.78 is 0.299. The van der Waals surface area contributed by atoms with Crippen LogP contribution in [0.25, 0.3) is 6.08 Å². The molecule has 0 aromatic heterocycles. The summed E-state index contributed by atoms with van der Waals surface area (Å²) >= 11 is 11.4. The summed E-state index contributed by atoms with van der Waals surface area (Å²) in [5, 5.41) is 8.44. The van der Waals surface area contributed by atoms with Crippen LogP contribution < -0.4 is 5.48 Å². The highest BCUT2D eigenvalue weighted by Crippen LogP contribution is 2.32. The smallest absolute Gasteiger partial charge is 0.267 e. The van der Waals surface area contributed by atoms with E-state index < -0.39 is 5.91 Å². The number of carbonyl (C=O) groups excluding carboxylic acids is 1. The molecule has 0 spiro atoms. The predicted octanol–water partition coefficient (Wildman–Crippen LogP) is 3.66. The van der Waals surface area contributed by atoms with Gasteiger partial charge in [0.15, 0.2) is 0 Å². The van der Waals surface area contributed by atoms with Crippen LogP contribution >= 0.6 is 23.2 Å². The molecule has 2 N–H and O–H groups in total. The molecule has 1 fully saturated rings. The first-order valence-electron chi connectivity index (χ1n) is 7.07. The van der Waals surface area contributed by atoms with Gasteiger partial charge in [0.2, 0.25) is 0 Å². The van der Waals surface area contributed by atoms with E-state index in [-0.39, 0.29) is 0 Å². The molecule has 118 valence electrons. The van der Waals surface area contributed by atoms with Crippen LogP contribution in [0.4, 0.5) is 0 Å². The molecule has 1 amide bonds. The molecule has 0 saturated carbocycles. The highest BCUT2D eigenvalue weighted by atomic mass is 35.5. The van der Waals surface area contributed by atoms with E-state index >= 15 is 0 Å². The van der Waals surface area contributed by atoms with Crippen molar-refractivity contribution >= 4 is 35.2 Å². The monoisotopic (exact) mass is 340 g/mol. The van der Waals surface area contributed by atoms with Gasteiger partial charge in [-0.3, -0.25) is 14.9 Å². The van der Waals surface area contributed by atoms with Crippen LogP contribution in [-0.2, 0) is 4.79 Å². The van der Waals surface area contributed by atoms with Gasteiger partial charge in [0.05, 0.1) is 0 Å². The maximum absolute atomic E-state index is 10.9. The number of hydroxylamine groups is 1. The lowest BCUT2D eigenvalue weighted by atomic mass is 10.0. The average molecular weight is 341 g/mol. The summed E-state index contributed by atoms with van der Waals surface area (Å²) in [6, 6.07) is 8.40. The molecule has 1 aromatic carbocycles. The Kier molecular flexibility index (Phi) is 6.46. The molecule has 0 bridgehead atoms. The van der Waals surface area contributed by atoms with Crippen molar-refractivity contribution in [3.8, 4) is 0 Å². The van der Waals surface area contributed by atoms with Crippen molar-refractivity contribution in [1.82, 2.24) is 10.4 Å². The highest BCUT2D eigenvalue weighted by molar-refractivity contribution is 6.55. The molecule has 1 aromatic rings. The molecule has 22 heavy (non-hydrogen) atoms. The lowest BCUT2D eigenvalue weighted by Gasteiger charge is -2.23. The zero-order valence-electron chi connectivity index (χ0n) is 12.0. The van der Waals surface area contributed by atoms with Crippen molar-refractivity contribution in [2.45, 2.75) is 18.9 Å². The highest BCUT2D eigenvalue weighted by Gasteiger charge is 2.24. The number of rotatable bonds is 5. The van der Waals surface area contributed by atoms with Crippen LogP contribution in [0.5, 0.6) is 0 Å². The number of halogens is 2. The molecular weight excluding hydrogens is 323 g/mol. The predicted molar refractivity (Wildman–Crippen MR) is 88.7 cm³/mol. The number of hydrogen-bond acceptors (Lipinski definition) is 3. The molecule has 1 aliphatic heterocycles. The molecule has 0 radical (unpaired) electrons. The second-order valence-electron chi connectivity index (χ2n) is 5.12. The fourth-order valence-electron chi connectivity index (χ4n) is 2.65. The van der Waals surface area contributed by atoms with E-state index in [1.54, 1.807) is 11.6 Å². The Morgan fingerprint density at radius 3 is 2.73 bits per heavy atom. The molecule has 1 heterocycles. The minimum Gasteiger partial charge on any atom is -0.293 e. The van der Waals surface area contributed by atoms with Crippen LogP contribution in [0.15, 0.2) is 40.9 Å². The summed E-state index contributed by atoms with van der Waals surface area (Å²) in [4.78, 5) is 13.3. The van der Waals surface area contributed by atoms with Crippen LogP contribution in [0.1, 0.15) is 30.0 Å². The van der Waals surface area contributed by atoms with Gasteiger partial charge in [-0.1, -0.05) is 47.5 Å². The average Bonchev–Trinajstić information content (AvgIpc) is 2.99. The summed E-state index contributed by atoms with van der Waals surface area (Å²) in [6.07, 6.45) is 7.00. The van der Waals surface area contributed by atoms with Crippen LogP contribution in [0.3, 0.4) is 0 Å². The number of likely N-dealkylation sites (tertiary alicyclic amines) is 1. The first-order chi connectivity index (χ1) is 10.6. The molecular formula is C16H18Cl2N2O2. The number of carbonyl (C=O) groups is 1. The van der Waals surface area contributed by atoms with Crippen molar-refractivity contribution < 1.29 is 10.0 Å². The zero-order chi connectivity index (χ0) is 15.9. The van der Waals surface area contributed by atoms with Gasteiger partial charge in [0.1, 0.15) is 4.49 Å². The number of nitrogens with zero attached hydrogens (tertiary/aromatic N) is 1. The van der Waals surface area contributed by atoms with E-state index in [0.29, 0.717) is 10.5 Å². The summed E-state index contributed by atoms with van der Waals surface area (Å²) in [5.41, 5.74) is 3.70. The zero-order valence-corrected chi connectivity index (χ0v) is 13.5. The lowest BCUT2D eigenvalue weighted by Crippen LogP contribution is -2.23. The van der Waals surface area contributed by atoms with E-state index in [0.717, 1.165) is 31.5 Å². The fraction of sp³-hybridized carbons (Fsp3) is 0.312. The quantitative estimate of drug-likeness (QED) is 0.488. The molecule has 1 saturated heterocycles. The number of amides is 1. The van der Waals surface area contributed by atoms with E-state index in [2.05, 4.69) is 17.0 Å². The van der Waals surface area contributed by atoms with Gasteiger partial charge in [0.25, 0.3) is 5.91 Å². The van der Waals surface area contributed by atoms with E-state index in [1.165, 1.54) is 11.6 Å². The Bertz CT molecular complexity index is 566. The Hall–Kier alpha value is -1.33. The molecule has 1 aliphatic rings. The van der Waals surface area contributed by atoms with Gasteiger partial charge in [0, 0.05) is 18.7 Å². The van der Waals surface area contributed by atoms with Crippen molar-refractivity contribution in [3.05, 3.63) is 52.0 Å². The van der Waals surface area contributed by atoms with Gasteiger partial charge >= 0.3 is 0 Å². The normalized spacial score (nSPS) is 18.6. The number of nitrogens with one attached hydrogen (secondary N) is 1. The minimum absolute atomic E-state index is 0.299. The number of hydrogen-bond donors (Lipinski definition) is 2. The SMILES string of the molecule is O=C(/C=C/c1ccc(C2CCCN2CC=C(Cl)Cl)cc1)NO. The maximum Gasteiger partial charge on any atom is 0.267 e. The van der Waals surface area contributed by atoms with Gasteiger partial charge < -0.3 is 0 Å². The van der Waals surface area contributed by atoms with Crippen molar-refractivity contribution in [1.29, 1.82) is 0 Å². The third-order valence-corrected chi connectivity index (χ3v) is 4.01. The van der Waals surface area contributed by atoms with E-state index in [9.17, 15) is 4.79 Å². The summed E-state index contributed by atoms with van der Waals surface area (Å²) in [6.45, 7) is 1.77. The Morgan fingerprint density at radius 1 is 1.36 bits per heavy atom.